The van der Waals surface area contributed by atoms with Crippen molar-refractivity contribution in [2.24, 2.45) is 5.41 Å². The van der Waals surface area contributed by atoms with E-state index in [0.29, 0.717) is 4.60 Å². The summed E-state index contributed by atoms with van der Waals surface area (Å²) in [5.41, 5.74) is -1.78. The van der Waals surface area contributed by atoms with Crippen LogP contribution in [0.5, 0.6) is 0 Å². The summed E-state index contributed by atoms with van der Waals surface area (Å²) in [6.45, 7) is 6.50. The maximum Gasteiger partial charge on any atom is 0.311 e. The molecule has 1 rings (SSSR count). The van der Waals surface area contributed by atoms with Crippen LogP contribution in [0.3, 0.4) is 0 Å². The summed E-state index contributed by atoms with van der Waals surface area (Å²) in [6, 6.07) is 4.98. The Kier molecular flexibility index (Phi) is 4.35. The monoisotopic (exact) mass is 328 g/mol. The number of hydrogen-bond donors (Lipinski definition) is 2. The molecule has 0 aromatic carbocycles. The number of aliphatic carboxylic acids is 1. The molecular weight excluding hydrogens is 312 g/mol. The van der Waals surface area contributed by atoms with Gasteiger partial charge in [0.1, 0.15) is 10.3 Å². The van der Waals surface area contributed by atoms with E-state index in [0.717, 1.165) is 0 Å². The largest absolute Gasteiger partial charge is 0.481 e. The van der Waals surface area contributed by atoms with Gasteiger partial charge in [0.05, 0.1) is 11.0 Å². The number of halogens is 1. The highest BCUT2D eigenvalue weighted by molar-refractivity contribution is 9.10. The van der Waals surface area contributed by atoms with Gasteiger partial charge in [-0.3, -0.25) is 9.59 Å². The molecule has 0 aliphatic heterocycles. The van der Waals surface area contributed by atoms with Gasteiger partial charge in [0.2, 0.25) is 0 Å². The molecule has 0 aliphatic rings. The molecule has 0 saturated carbocycles. The van der Waals surface area contributed by atoms with Crippen molar-refractivity contribution in [3.05, 3.63) is 28.5 Å². The van der Waals surface area contributed by atoms with Crippen molar-refractivity contribution in [3.8, 4) is 0 Å². The van der Waals surface area contributed by atoms with Gasteiger partial charge >= 0.3 is 5.97 Å². The Labute approximate surface area is 120 Å². The molecule has 0 aliphatic carbocycles. The van der Waals surface area contributed by atoms with Crippen LogP contribution >= 0.6 is 15.9 Å². The first-order valence-electron chi connectivity index (χ1n) is 5.76. The second kappa shape index (κ2) is 5.28. The zero-order chi connectivity index (χ0) is 14.8. The van der Waals surface area contributed by atoms with Crippen LogP contribution in [0.2, 0.25) is 0 Å². The van der Waals surface area contributed by atoms with Crippen LogP contribution in [-0.2, 0) is 4.79 Å². The van der Waals surface area contributed by atoms with Crippen LogP contribution in [0.25, 0.3) is 0 Å². The number of carbonyl (C=O) groups is 2. The zero-order valence-corrected chi connectivity index (χ0v) is 12.9. The molecule has 1 aromatic rings. The van der Waals surface area contributed by atoms with Crippen LogP contribution in [0.15, 0.2) is 22.8 Å². The Morgan fingerprint density at radius 1 is 1.26 bits per heavy atom. The molecule has 1 aromatic heterocycles. The van der Waals surface area contributed by atoms with Crippen LogP contribution in [0.4, 0.5) is 0 Å². The van der Waals surface area contributed by atoms with Crippen molar-refractivity contribution >= 4 is 27.8 Å². The Morgan fingerprint density at radius 2 is 1.84 bits per heavy atom. The molecule has 0 unspecified atom stereocenters. The van der Waals surface area contributed by atoms with Gasteiger partial charge in [-0.05, 0) is 55.8 Å². The number of nitrogens with zero attached hydrogens (tertiary/aromatic N) is 1. The summed E-state index contributed by atoms with van der Waals surface area (Å²) in [6.07, 6.45) is 0. The number of amides is 1. The Morgan fingerprint density at radius 3 is 2.32 bits per heavy atom. The molecule has 0 atom stereocenters. The fourth-order valence-corrected chi connectivity index (χ4v) is 1.65. The van der Waals surface area contributed by atoms with E-state index in [-0.39, 0.29) is 5.69 Å². The second-order valence-corrected chi connectivity index (χ2v) is 6.17. The highest BCUT2D eigenvalue weighted by atomic mass is 79.9. The van der Waals surface area contributed by atoms with Crippen molar-refractivity contribution in [2.75, 3.05) is 0 Å². The molecule has 6 heteroatoms. The predicted molar refractivity (Wildman–Crippen MR) is 74.9 cm³/mol. The number of carboxylic acids is 1. The van der Waals surface area contributed by atoms with Crippen molar-refractivity contribution in [1.82, 2.24) is 10.3 Å². The molecule has 1 amide bonds. The summed E-state index contributed by atoms with van der Waals surface area (Å²) >= 11 is 3.19. The van der Waals surface area contributed by atoms with E-state index in [1.165, 1.54) is 0 Å². The molecule has 1 heterocycles. The molecule has 2 N–H and O–H groups in total. The fraction of sp³-hybridized carbons (Fsp3) is 0.462. The number of hydrogen-bond acceptors (Lipinski definition) is 3. The van der Waals surface area contributed by atoms with E-state index < -0.39 is 22.8 Å². The van der Waals surface area contributed by atoms with Crippen LogP contribution in [0, 0.1) is 5.41 Å². The van der Waals surface area contributed by atoms with Gasteiger partial charge in [0.25, 0.3) is 5.91 Å². The highest BCUT2D eigenvalue weighted by Gasteiger charge is 2.44. The van der Waals surface area contributed by atoms with E-state index in [4.69, 9.17) is 0 Å². The van der Waals surface area contributed by atoms with E-state index in [1.807, 2.05) is 0 Å². The Balaban J connectivity index is 2.96. The quantitative estimate of drug-likeness (QED) is 0.832. The van der Waals surface area contributed by atoms with Crippen molar-refractivity contribution in [1.29, 1.82) is 0 Å². The van der Waals surface area contributed by atoms with Gasteiger partial charge in [-0.25, -0.2) is 4.98 Å². The average Bonchev–Trinajstić information content (AvgIpc) is 2.27. The van der Waals surface area contributed by atoms with Gasteiger partial charge < -0.3 is 10.4 Å². The molecule has 19 heavy (non-hydrogen) atoms. The maximum atomic E-state index is 12.1. The number of rotatable bonds is 4. The lowest BCUT2D eigenvalue weighted by molar-refractivity contribution is -0.150. The van der Waals surface area contributed by atoms with Crippen LogP contribution < -0.4 is 5.32 Å². The first-order chi connectivity index (χ1) is 8.58. The summed E-state index contributed by atoms with van der Waals surface area (Å²) in [5, 5.41) is 11.9. The minimum Gasteiger partial charge on any atom is -0.481 e. The smallest absolute Gasteiger partial charge is 0.311 e. The minimum absolute atomic E-state index is 0.239. The van der Waals surface area contributed by atoms with Gasteiger partial charge in [0, 0.05) is 0 Å². The van der Waals surface area contributed by atoms with Gasteiger partial charge in [-0.2, -0.15) is 0 Å². The number of carbonyl (C=O) groups excluding carboxylic acids is 1. The molecule has 0 bridgehead atoms. The standard InChI is InChI=1S/C13H17BrN2O3/c1-12(2,11(18)19)13(3,4)16-10(17)8-6-5-7-9(14)15-8/h5-7H,1-4H3,(H,16,17)(H,18,19). The lowest BCUT2D eigenvalue weighted by Crippen LogP contribution is -2.57. The molecular formula is C13H17BrN2O3. The molecule has 0 spiro atoms. The third-order valence-electron chi connectivity index (χ3n) is 3.47. The van der Waals surface area contributed by atoms with E-state index >= 15 is 0 Å². The molecule has 0 saturated heterocycles. The number of aromatic nitrogens is 1. The summed E-state index contributed by atoms with van der Waals surface area (Å²) in [4.78, 5) is 27.4. The fourth-order valence-electron chi connectivity index (χ4n) is 1.31. The highest BCUT2D eigenvalue weighted by Crippen LogP contribution is 2.30. The van der Waals surface area contributed by atoms with E-state index in [1.54, 1.807) is 45.9 Å². The number of nitrogens with one attached hydrogen (secondary N) is 1. The molecule has 0 fully saturated rings. The predicted octanol–water partition coefficient (Wildman–Crippen LogP) is 2.46. The van der Waals surface area contributed by atoms with E-state index in [2.05, 4.69) is 26.2 Å². The second-order valence-electron chi connectivity index (χ2n) is 5.35. The SMILES string of the molecule is CC(C)(NC(=O)c1cccc(Br)n1)C(C)(C)C(=O)O. The molecule has 0 radical (unpaired) electrons. The van der Waals surface area contributed by atoms with Crippen molar-refractivity contribution in [2.45, 2.75) is 33.2 Å². The molecule has 104 valence electrons. The Bertz CT molecular complexity index is 512. The lowest BCUT2D eigenvalue weighted by Gasteiger charge is -2.38. The van der Waals surface area contributed by atoms with Gasteiger partial charge in [0.15, 0.2) is 0 Å². The van der Waals surface area contributed by atoms with E-state index in [9.17, 15) is 14.7 Å². The lowest BCUT2D eigenvalue weighted by atomic mass is 9.74. The van der Waals surface area contributed by atoms with Crippen molar-refractivity contribution < 1.29 is 14.7 Å². The normalized spacial score (nSPS) is 12.1. The molecule has 5 nitrogen and oxygen atoms in total. The van der Waals surface area contributed by atoms with Crippen LogP contribution in [-0.4, -0.2) is 27.5 Å². The van der Waals surface area contributed by atoms with Crippen LogP contribution in [0.1, 0.15) is 38.2 Å². The van der Waals surface area contributed by atoms with Gasteiger partial charge in [-0.1, -0.05) is 6.07 Å². The average molecular weight is 329 g/mol. The number of pyridine rings is 1. The maximum absolute atomic E-state index is 12.1. The van der Waals surface area contributed by atoms with Gasteiger partial charge in [-0.15, -0.1) is 0 Å². The summed E-state index contributed by atoms with van der Waals surface area (Å²) < 4.78 is 0.551. The van der Waals surface area contributed by atoms with Crippen molar-refractivity contribution in [3.63, 3.8) is 0 Å². The summed E-state index contributed by atoms with van der Waals surface area (Å²) in [5.74, 6) is -1.37. The third kappa shape index (κ3) is 3.32. The summed E-state index contributed by atoms with van der Waals surface area (Å²) in [7, 11) is 0. The Hall–Kier alpha value is -1.43. The first-order valence-corrected chi connectivity index (χ1v) is 6.56. The minimum atomic E-state index is -1.10. The topological polar surface area (TPSA) is 79.3 Å². The first kappa shape index (κ1) is 15.6. The number of carboxylic acid groups (broad SMARTS) is 1. The zero-order valence-electron chi connectivity index (χ0n) is 11.3. The third-order valence-corrected chi connectivity index (χ3v) is 3.91.